The molecule has 0 spiro atoms. The minimum absolute atomic E-state index is 0.112. The highest BCUT2D eigenvalue weighted by atomic mass is 16.6. The molecule has 0 unspecified atom stereocenters. The third kappa shape index (κ3) is 5.02. The van der Waals surface area contributed by atoms with Crippen molar-refractivity contribution in [3.8, 4) is 40.2 Å². The van der Waals surface area contributed by atoms with Crippen LogP contribution in [0, 0.1) is 0 Å². The van der Waals surface area contributed by atoms with Crippen LogP contribution in [-0.2, 0) is 12.8 Å². The number of ether oxygens (including phenoxy) is 6. The Morgan fingerprint density at radius 1 is 0.743 bits per heavy atom. The number of phenolic OH excluding ortho intramolecular Hbond substituents is 1. The van der Waals surface area contributed by atoms with E-state index in [1.54, 1.807) is 26.4 Å². The molecule has 0 fully saturated rings. The fourth-order valence-electron chi connectivity index (χ4n) is 4.13. The number of aromatic hydroxyl groups is 1. The SMILES string of the molecule is COc1ccc(CCc2cc(OC)c3c(c2)O[C@@H](c2cc(OC)c(O)c(OC)c2)[C@H](CO)O3)cc1. The Bertz CT molecular complexity index is 1130. The lowest BCUT2D eigenvalue weighted by Gasteiger charge is -2.34. The summed E-state index contributed by atoms with van der Waals surface area (Å²) in [5.74, 6) is 2.65. The van der Waals surface area contributed by atoms with Crippen LogP contribution in [0.5, 0.6) is 40.2 Å². The van der Waals surface area contributed by atoms with E-state index >= 15 is 0 Å². The van der Waals surface area contributed by atoms with E-state index in [1.807, 2.05) is 36.4 Å². The molecule has 8 nitrogen and oxygen atoms in total. The number of phenols is 1. The van der Waals surface area contributed by atoms with Crippen LogP contribution in [0.2, 0.25) is 0 Å². The second-order valence-electron chi connectivity index (χ2n) is 8.12. The normalized spacial score (nSPS) is 16.5. The van der Waals surface area contributed by atoms with Gasteiger partial charge in [-0.25, -0.2) is 0 Å². The number of fused-ring (bicyclic) bond motifs is 1. The van der Waals surface area contributed by atoms with Gasteiger partial charge in [0.1, 0.15) is 5.75 Å². The zero-order chi connectivity index (χ0) is 24.9. The Kier molecular flexibility index (Phi) is 7.41. The van der Waals surface area contributed by atoms with Crippen molar-refractivity contribution in [2.24, 2.45) is 0 Å². The molecular weight excluding hydrogens is 452 g/mol. The molecule has 2 atom stereocenters. The van der Waals surface area contributed by atoms with Crippen LogP contribution in [0.15, 0.2) is 48.5 Å². The number of aliphatic hydroxyl groups is 1. The predicted molar refractivity (Wildman–Crippen MR) is 129 cm³/mol. The second-order valence-corrected chi connectivity index (χ2v) is 8.12. The van der Waals surface area contributed by atoms with Crippen molar-refractivity contribution in [1.29, 1.82) is 0 Å². The van der Waals surface area contributed by atoms with Crippen LogP contribution in [0.25, 0.3) is 0 Å². The van der Waals surface area contributed by atoms with E-state index in [0.717, 1.165) is 24.2 Å². The van der Waals surface area contributed by atoms with Crippen LogP contribution in [-0.4, -0.2) is 51.4 Å². The molecule has 0 aliphatic carbocycles. The lowest BCUT2D eigenvalue weighted by molar-refractivity contribution is -0.0143. The first-order valence-electron chi connectivity index (χ1n) is 11.2. The van der Waals surface area contributed by atoms with Crippen LogP contribution in [0.3, 0.4) is 0 Å². The molecule has 3 aromatic rings. The average Bonchev–Trinajstić information content (AvgIpc) is 2.91. The fraction of sp³-hybridized carbons (Fsp3) is 0.333. The maximum atomic E-state index is 10.3. The van der Waals surface area contributed by atoms with Crippen LogP contribution >= 0.6 is 0 Å². The highest BCUT2D eigenvalue weighted by molar-refractivity contribution is 5.57. The Hall–Kier alpha value is -3.78. The predicted octanol–water partition coefficient (Wildman–Crippen LogP) is 4.09. The number of rotatable bonds is 9. The lowest BCUT2D eigenvalue weighted by Crippen LogP contribution is -2.36. The lowest BCUT2D eigenvalue weighted by atomic mass is 10.00. The zero-order valence-corrected chi connectivity index (χ0v) is 20.2. The molecule has 4 rings (SSSR count). The Balaban J connectivity index is 1.64. The number of aliphatic hydroxyl groups excluding tert-OH is 1. The van der Waals surface area contributed by atoms with E-state index in [-0.39, 0.29) is 23.9 Å². The molecule has 0 saturated carbocycles. The minimum Gasteiger partial charge on any atom is -0.502 e. The summed E-state index contributed by atoms with van der Waals surface area (Å²) in [6.45, 7) is -0.294. The highest BCUT2D eigenvalue weighted by Crippen LogP contribution is 2.48. The molecule has 0 aromatic heterocycles. The maximum Gasteiger partial charge on any atom is 0.204 e. The molecule has 0 amide bonds. The quantitative estimate of drug-likeness (QED) is 0.471. The number of hydrogen-bond donors (Lipinski definition) is 2. The minimum atomic E-state index is -0.708. The molecule has 3 aromatic carbocycles. The molecule has 1 aliphatic heterocycles. The van der Waals surface area contributed by atoms with Crippen molar-refractivity contribution in [2.45, 2.75) is 25.0 Å². The molecule has 0 saturated heterocycles. The first-order chi connectivity index (χ1) is 17.0. The van der Waals surface area contributed by atoms with E-state index in [2.05, 4.69) is 0 Å². The molecule has 186 valence electrons. The molecule has 2 N–H and O–H groups in total. The Morgan fingerprint density at radius 3 is 1.94 bits per heavy atom. The molecule has 1 heterocycles. The summed E-state index contributed by atoms with van der Waals surface area (Å²) in [7, 11) is 6.13. The van der Waals surface area contributed by atoms with E-state index < -0.39 is 12.2 Å². The van der Waals surface area contributed by atoms with Crippen molar-refractivity contribution in [1.82, 2.24) is 0 Å². The van der Waals surface area contributed by atoms with Crippen molar-refractivity contribution >= 4 is 0 Å². The third-order valence-electron chi connectivity index (χ3n) is 6.03. The molecule has 0 radical (unpaired) electrons. The zero-order valence-electron chi connectivity index (χ0n) is 20.2. The summed E-state index contributed by atoms with van der Waals surface area (Å²) >= 11 is 0. The monoisotopic (exact) mass is 482 g/mol. The van der Waals surface area contributed by atoms with Gasteiger partial charge in [-0.15, -0.1) is 0 Å². The molecular formula is C27H30O8. The van der Waals surface area contributed by atoms with Gasteiger partial charge in [-0.3, -0.25) is 0 Å². The Labute approximate surface area is 204 Å². The van der Waals surface area contributed by atoms with Crippen molar-refractivity contribution < 1.29 is 38.6 Å². The van der Waals surface area contributed by atoms with E-state index in [9.17, 15) is 10.2 Å². The van der Waals surface area contributed by atoms with Crippen LogP contribution in [0.1, 0.15) is 22.8 Å². The summed E-state index contributed by atoms with van der Waals surface area (Å²) in [6, 6.07) is 15.1. The summed E-state index contributed by atoms with van der Waals surface area (Å²) in [5, 5.41) is 20.3. The van der Waals surface area contributed by atoms with Crippen molar-refractivity contribution in [3.05, 3.63) is 65.2 Å². The van der Waals surface area contributed by atoms with Gasteiger partial charge in [0, 0.05) is 5.56 Å². The maximum absolute atomic E-state index is 10.3. The summed E-state index contributed by atoms with van der Waals surface area (Å²) in [5.41, 5.74) is 2.83. The number of methoxy groups -OCH3 is 4. The summed E-state index contributed by atoms with van der Waals surface area (Å²) in [6.07, 6.45) is 0.203. The van der Waals surface area contributed by atoms with Gasteiger partial charge < -0.3 is 38.6 Å². The van der Waals surface area contributed by atoms with E-state index in [4.69, 9.17) is 28.4 Å². The van der Waals surface area contributed by atoms with Gasteiger partial charge >= 0.3 is 0 Å². The number of benzene rings is 3. The number of hydrogen-bond acceptors (Lipinski definition) is 8. The first-order valence-corrected chi connectivity index (χ1v) is 11.2. The fourth-order valence-corrected chi connectivity index (χ4v) is 4.13. The van der Waals surface area contributed by atoms with Gasteiger partial charge in [0.05, 0.1) is 35.0 Å². The molecule has 1 aliphatic rings. The standard InChI is InChI=1S/C27H30O8/c1-30-19-9-7-16(8-10-19)5-6-17-11-22(33-4)27-23(12-17)34-26(24(15-28)35-27)18-13-20(31-2)25(29)21(14-18)32-3/h7-14,24,26,28-29H,5-6,15H2,1-4H3/t24-,26-/m0/s1. The van der Waals surface area contributed by atoms with Gasteiger partial charge in [-0.05, 0) is 60.4 Å². The van der Waals surface area contributed by atoms with Crippen LogP contribution < -0.4 is 28.4 Å². The van der Waals surface area contributed by atoms with Crippen molar-refractivity contribution in [3.63, 3.8) is 0 Å². The van der Waals surface area contributed by atoms with E-state index in [0.29, 0.717) is 22.8 Å². The molecule has 0 bridgehead atoms. The van der Waals surface area contributed by atoms with Gasteiger partial charge in [0.15, 0.2) is 35.2 Å². The molecule has 35 heavy (non-hydrogen) atoms. The van der Waals surface area contributed by atoms with Gasteiger partial charge in [-0.2, -0.15) is 0 Å². The Morgan fingerprint density at radius 2 is 1.37 bits per heavy atom. The topological polar surface area (TPSA) is 95.8 Å². The first kappa shape index (κ1) is 24.3. The van der Waals surface area contributed by atoms with Crippen LogP contribution in [0.4, 0.5) is 0 Å². The summed E-state index contributed by atoms with van der Waals surface area (Å²) < 4.78 is 33.9. The average molecular weight is 483 g/mol. The summed E-state index contributed by atoms with van der Waals surface area (Å²) in [4.78, 5) is 0. The molecule has 8 heteroatoms. The number of aryl methyl sites for hydroxylation is 2. The highest BCUT2D eigenvalue weighted by Gasteiger charge is 2.36. The van der Waals surface area contributed by atoms with Gasteiger partial charge in [-0.1, -0.05) is 12.1 Å². The smallest absolute Gasteiger partial charge is 0.204 e. The largest absolute Gasteiger partial charge is 0.502 e. The van der Waals surface area contributed by atoms with Gasteiger partial charge in [0.2, 0.25) is 11.5 Å². The second kappa shape index (κ2) is 10.7. The van der Waals surface area contributed by atoms with E-state index in [1.165, 1.54) is 19.8 Å². The third-order valence-corrected chi connectivity index (χ3v) is 6.03. The van der Waals surface area contributed by atoms with Gasteiger partial charge in [0.25, 0.3) is 0 Å². The van der Waals surface area contributed by atoms with Crippen molar-refractivity contribution in [2.75, 3.05) is 35.0 Å².